The maximum atomic E-state index is 10.9. The number of likely N-dealkylation sites (tertiary alicyclic amines) is 1. The van der Waals surface area contributed by atoms with Crippen LogP contribution in [-0.2, 0) is 6.54 Å². The Balaban J connectivity index is 1.70. The average Bonchev–Trinajstić information content (AvgIpc) is 2.91. The number of nitro groups is 1. The van der Waals surface area contributed by atoms with Gasteiger partial charge in [-0.25, -0.2) is 0 Å². The molecule has 3 rings (SSSR count). The van der Waals surface area contributed by atoms with E-state index in [1.165, 1.54) is 0 Å². The summed E-state index contributed by atoms with van der Waals surface area (Å²) in [6, 6.07) is 5.41. The first-order valence-corrected chi connectivity index (χ1v) is 7.28. The van der Waals surface area contributed by atoms with Crippen molar-refractivity contribution in [2.45, 2.75) is 6.54 Å². The Morgan fingerprint density at radius 2 is 2.05 bits per heavy atom. The predicted octanol–water partition coefficient (Wildman–Crippen LogP) is 2.01. The first-order chi connectivity index (χ1) is 9.13. The van der Waals surface area contributed by atoms with E-state index < -0.39 is 0 Å². The van der Waals surface area contributed by atoms with Crippen LogP contribution in [0.4, 0.5) is 5.69 Å². The molecule has 5 nitrogen and oxygen atoms in total. The SMILES string of the molecule is O=[N+]([O-])c1cc(CN2C[C@H]3CNC[C@H]3C2)ccc1Br. The van der Waals surface area contributed by atoms with Gasteiger partial charge in [0.15, 0.2) is 0 Å². The van der Waals surface area contributed by atoms with Crippen LogP contribution in [0.2, 0.25) is 0 Å². The van der Waals surface area contributed by atoms with E-state index in [-0.39, 0.29) is 10.6 Å². The summed E-state index contributed by atoms with van der Waals surface area (Å²) in [6.45, 7) is 5.23. The highest BCUT2D eigenvalue weighted by molar-refractivity contribution is 9.10. The van der Waals surface area contributed by atoms with E-state index in [0.717, 1.165) is 50.1 Å². The minimum Gasteiger partial charge on any atom is -0.316 e. The van der Waals surface area contributed by atoms with Gasteiger partial charge in [0.2, 0.25) is 0 Å². The van der Waals surface area contributed by atoms with Gasteiger partial charge < -0.3 is 5.32 Å². The monoisotopic (exact) mass is 325 g/mol. The van der Waals surface area contributed by atoms with Crippen LogP contribution in [-0.4, -0.2) is 36.0 Å². The fraction of sp³-hybridized carbons (Fsp3) is 0.538. The Hall–Kier alpha value is -0.980. The quantitative estimate of drug-likeness (QED) is 0.682. The van der Waals surface area contributed by atoms with E-state index in [1.807, 2.05) is 6.07 Å². The molecule has 0 amide bonds. The van der Waals surface area contributed by atoms with Crippen LogP contribution in [0.5, 0.6) is 0 Å². The van der Waals surface area contributed by atoms with E-state index in [9.17, 15) is 10.1 Å². The van der Waals surface area contributed by atoms with Gasteiger partial charge >= 0.3 is 0 Å². The van der Waals surface area contributed by atoms with Crippen LogP contribution in [0.25, 0.3) is 0 Å². The maximum Gasteiger partial charge on any atom is 0.283 e. The lowest BCUT2D eigenvalue weighted by Gasteiger charge is -2.16. The van der Waals surface area contributed by atoms with E-state index in [0.29, 0.717) is 4.47 Å². The molecule has 0 bridgehead atoms. The zero-order valence-electron chi connectivity index (χ0n) is 10.5. The summed E-state index contributed by atoms with van der Waals surface area (Å²) in [7, 11) is 0. The fourth-order valence-corrected chi connectivity index (χ4v) is 3.53. The molecule has 0 aromatic heterocycles. The van der Waals surface area contributed by atoms with Crippen molar-refractivity contribution >= 4 is 21.6 Å². The number of nitro benzene ring substituents is 1. The van der Waals surface area contributed by atoms with Crippen molar-refractivity contribution in [1.82, 2.24) is 10.2 Å². The second-order valence-electron chi connectivity index (χ2n) is 5.42. The van der Waals surface area contributed by atoms with Crippen molar-refractivity contribution in [2.75, 3.05) is 26.2 Å². The normalized spacial score (nSPS) is 26.6. The van der Waals surface area contributed by atoms with Crippen LogP contribution in [0.15, 0.2) is 22.7 Å². The molecule has 2 aliphatic rings. The van der Waals surface area contributed by atoms with Gasteiger partial charge in [0.25, 0.3) is 5.69 Å². The lowest BCUT2D eigenvalue weighted by Crippen LogP contribution is -2.25. The second kappa shape index (κ2) is 5.19. The fourth-order valence-electron chi connectivity index (χ4n) is 3.14. The molecule has 1 aromatic rings. The smallest absolute Gasteiger partial charge is 0.283 e. The third-order valence-corrected chi connectivity index (χ3v) is 4.75. The number of hydrogen-bond donors (Lipinski definition) is 1. The topological polar surface area (TPSA) is 58.4 Å². The largest absolute Gasteiger partial charge is 0.316 e. The Morgan fingerprint density at radius 3 is 2.68 bits per heavy atom. The van der Waals surface area contributed by atoms with E-state index >= 15 is 0 Å². The van der Waals surface area contributed by atoms with Crippen LogP contribution in [0.3, 0.4) is 0 Å². The summed E-state index contributed by atoms with van der Waals surface area (Å²) in [5.74, 6) is 1.51. The zero-order valence-corrected chi connectivity index (χ0v) is 12.1. The number of benzene rings is 1. The molecule has 102 valence electrons. The molecule has 6 heteroatoms. The van der Waals surface area contributed by atoms with Crippen molar-refractivity contribution in [2.24, 2.45) is 11.8 Å². The van der Waals surface area contributed by atoms with Crippen LogP contribution in [0.1, 0.15) is 5.56 Å². The number of hydrogen-bond acceptors (Lipinski definition) is 4. The molecule has 0 spiro atoms. The summed E-state index contributed by atoms with van der Waals surface area (Å²) in [4.78, 5) is 13.0. The highest BCUT2D eigenvalue weighted by Crippen LogP contribution is 2.30. The van der Waals surface area contributed by atoms with Crippen molar-refractivity contribution in [3.63, 3.8) is 0 Å². The van der Waals surface area contributed by atoms with Crippen LogP contribution in [0, 0.1) is 22.0 Å². The highest BCUT2D eigenvalue weighted by atomic mass is 79.9. The summed E-state index contributed by atoms with van der Waals surface area (Å²) in [5, 5.41) is 14.3. The first kappa shape index (κ1) is 13.0. The lowest BCUT2D eigenvalue weighted by molar-refractivity contribution is -0.385. The Bertz CT molecular complexity index is 497. The van der Waals surface area contributed by atoms with Gasteiger partial charge in [-0.05, 0) is 52.5 Å². The first-order valence-electron chi connectivity index (χ1n) is 6.49. The number of fused-ring (bicyclic) bond motifs is 1. The molecular formula is C13H16BrN3O2. The standard InChI is InChI=1S/C13H16BrN3O2/c14-12-2-1-9(3-13(12)17(18)19)6-16-7-10-4-15-5-11(10)8-16/h1-3,10-11,15H,4-8H2/t10-,11+. The van der Waals surface area contributed by atoms with Gasteiger partial charge in [0, 0.05) is 25.7 Å². The molecular weight excluding hydrogens is 310 g/mol. The third-order valence-electron chi connectivity index (χ3n) is 4.08. The maximum absolute atomic E-state index is 10.9. The summed E-state index contributed by atoms with van der Waals surface area (Å²) < 4.78 is 0.545. The third kappa shape index (κ3) is 2.66. The summed E-state index contributed by atoms with van der Waals surface area (Å²) in [6.07, 6.45) is 0. The molecule has 0 saturated carbocycles. The molecule has 2 aliphatic heterocycles. The van der Waals surface area contributed by atoms with Gasteiger partial charge in [0.05, 0.1) is 9.40 Å². The van der Waals surface area contributed by atoms with Gasteiger partial charge in [-0.3, -0.25) is 15.0 Å². The average molecular weight is 326 g/mol. The van der Waals surface area contributed by atoms with E-state index in [2.05, 4.69) is 26.1 Å². The second-order valence-corrected chi connectivity index (χ2v) is 6.27. The van der Waals surface area contributed by atoms with Gasteiger partial charge in [-0.15, -0.1) is 0 Å². The molecule has 0 unspecified atom stereocenters. The molecule has 2 atom stereocenters. The van der Waals surface area contributed by atoms with Gasteiger partial charge in [0.1, 0.15) is 0 Å². The molecule has 2 heterocycles. The molecule has 0 aliphatic carbocycles. The van der Waals surface area contributed by atoms with Crippen molar-refractivity contribution in [1.29, 1.82) is 0 Å². The van der Waals surface area contributed by atoms with Gasteiger partial charge in [-0.1, -0.05) is 6.07 Å². The number of nitrogens with zero attached hydrogens (tertiary/aromatic N) is 2. The summed E-state index contributed by atoms with van der Waals surface area (Å²) >= 11 is 3.22. The molecule has 19 heavy (non-hydrogen) atoms. The summed E-state index contributed by atoms with van der Waals surface area (Å²) in [5.41, 5.74) is 1.17. The van der Waals surface area contributed by atoms with Crippen LogP contribution < -0.4 is 5.32 Å². The highest BCUT2D eigenvalue weighted by Gasteiger charge is 2.35. The molecule has 0 radical (unpaired) electrons. The molecule has 2 saturated heterocycles. The minimum absolute atomic E-state index is 0.151. The molecule has 1 aromatic carbocycles. The zero-order chi connectivity index (χ0) is 13.4. The molecule has 1 N–H and O–H groups in total. The number of halogens is 1. The minimum atomic E-state index is -0.337. The van der Waals surface area contributed by atoms with Crippen molar-refractivity contribution in [3.8, 4) is 0 Å². The lowest BCUT2D eigenvalue weighted by atomic mass is 10.0. The van der Waals surface area contributed by atoms with Gasteiger partial charge in [-0.2, -0.15) is 0 Å². The Kier molecular flexibility index (Phi) is 3.56. The Labute approximate surface area is 120 Å². The predicted molar refractivity (Wildman–Crippen MR) is 75.9 cm³/mol. The van der Waals surface area contributed by atoms with E-state index in [1.54, 1.807) is 12.1 Å². The number of nitrogens with one attached hydrogen (secondary N) is 1. The Morgan fingerprint density at radius 1 is 1.37 bits per heavy atom. The van der Waals surface area contributed by atoms with Crippen molar-refractivity contribution < 1.29 is 4.92 Å². The van der Waals surface area contributed by atoms with E-state index in [4.69, 9.17) is 0 Å². The molecule has 2 fully saturated rings. The van der Waals surface area contributed by atoms with Crippen molar-refractivity contribution in [3.05, 3.63) is 38.3 Å². The van der Waals surface area contributed by atoms with Crippen LogP contribution >= 0.6 is 15.9 Å². The number of rotatable bonds is 3.